The summed E-state index contributed by atoms with van der Waals surface area (Å²) >= 11 is 0. The maximum atomic E-state index is 5.74. The van der Waals surface area contributed by atoms with Crippen molar-refractivity contribution >= 4 is 29.3 Å². The molecule has 0 N–H and O–H groups in total. The summed E-state index contributed by atoms with van der Waals surface area (Å²) in [5.41, 5.74) is 0.864. The topological polar surface area (TPSA) is 36.9 Å². The van der Waals surface area contributed by atoms with Gasteiger partial charge in [-0.25, -0.2) is 0 Å². The third kappa shape index (κ3) is 4.62. The molecule has 0 saturated carbocycles. The highest BCUT2D eigenvalue weighted by Gasteiger charge is 2.33. The van der Waals surface area contributed by atoms with Crippen LogP contribution in [0.1, 0.15) is 6.92 Å². The Morgan fingerprint density at radius 3 is 1.67 bits per heavy atom. The molecule has 0 fully saturated rings. The van der Waals surface area contributed by atoms with Crippen molar-refractivity contribution in [2.24, 2.45) is 0 Å². The highest BCUT2D eigenvalue weighted by atomic mass is 28.2. The first-order chi connectivity index (χ1) is 7.16. The number of hydrogen-bond acceptors (Lipinski definition) is 4. The van der Waals surface area contributed by atoms with Crippen molar-refractivity contribution in [3.8, 4) is 0 Å². The maximum absolute atomic E-state index is 5.74. The number of rotatable bonds is 8. The van der Waals surface area contributed by atoms with Crippen molar-refractivity contribution < 1.29 is 18.0 Å². The van der Waals surface area contributed by atoms with Gasteiger partial charge >= 0.3 is 0 Å². The van der Waals surface area contributed by atoms with E-state index in [-0.39, 0.29) is 0 Å². The maximum Gasteiger partial charge on any atom is 0.280 e. The lowest BCUT2D eigenvalue weighted by Gasteiger charge is -2.34. The fraction of sp³-hybridized carbons (Fsp3) is 0.750. The summed E-state index contributed by atoms with van der Waals surface area (Å²) in [6, 6.07) is 0. The fourth-order valence-corrected chi connectivity index (χ4v) is 4.11. The second-order valence-corrected chi connectivity index (χ2v) is 5.49. The molecule has 0 aromatic rings. The van der Waals surface area contributed by atoms with Crippen molar-refractivity contribution in [1.82, 2.24) is 0 Å². The molecule has 7 heteroatoms. The lowest BCUT2D eigenvalue weighted by Crippen LogP contribution is -2.42. The van der Waals surface area contributed by atoms with E-state index in [1.165, 1.54) is 0 Å². The van der Waals surface area contributed by atoms with E-state index in [9.17, 15) is 0 Å². The molecule has 0 radical (unpaired) electrons. The van der Waals surface area contributed by atoms with Gasteiger partial charge in [0.1, 0.15) is 0 Å². The van der Waals surface area contributed by atoms with Crippen LogP contribution in [0.5, 0.6) is 0 Å². The first kappa shape index (κ1) is 15.1. The van der Waals surface area contributed by atoms with E-state index >= 15 is 0 Å². The molecular formula is C8H22O4Si3. The van der Waals surface area contributed by atoms with Gasteiger partial charge in [0.25, 0.3) is 5.97 Å². The molecule has 90 valence electrons. The van der Waals surface area contributed by atoms with Gasteiger partial charge in [-0.1, -0.05) is 19.6 Å². The molecule has 0 aromatic carbocycles. The van der Waals surface area contributed by atoms with Crippen molar-refractivity contribution in [2.45, 2.75) is 32.5 Å². The molecule has 0 aromatic heterocycles. The van der Waals surface area contributed by atoms with Crippen LogP contribution in [0, 0.1) is 0 Å². The van der Waals surface area contributed by atoms with Crippen LogP contribution in [-0.2, 0) is 18.0 Å². The minimum Gasteiger partial charge on any atom is -0.504 e. The third-order valence-corrected chi connectivity index (χ3v) is 3.79. The lowest BCUT2D eigenvalue weighted by atomic mass is 10.3. The summed E-state index contributed by atoms with van der Waals surface area (Å²) in [5, 5.41) is 0. The molecule has 0 heterocycles. The fourth-order valence-electron chi connectivity index (χ4n) is 1.29. The molecule has 0 saturated heterocycles. The molecule has 15 heavy (non-hydrogen) atoms. The normalized spacial score (nSPS) is 18.6. The van der Waals surface area contributed by atoms with Gasteiger partial charge in [0.05, 0.1) is 13.4 Å². The minimum absolute atomic E-state index is 0.592. The van der Waals surface area contributed by atoms with E-state index < -0.39 is 35.3 Å². The molecule has 0 unspecified atom stereocenters. The standard InChI is InChI=1S/C8H22O4Si3/c1-7(6-9-2)8(10-13-3,11-14-4)12-15-5/h6H,13-15H2,1-5H3. The van der Waals surface area contributed by atoms with Crippen LogP contribution in [0.4, 0.5) is 0 Å². The van der Waals surface area contributed by atoms with Gasteiger partial charge in [0.2, 0.25) is 0 Å². The van der Waals surface area contributed by atoms with Gasteiger partial charge in [-0.2, -0.15) is 0 Å². The smallest absolute Gasteiger partial charge is 0.280 e. The molecule has 0 aliphatic rings. The molecule has 0 aliphatic heterocycles. The highest BCUT2D eigenvalue weighted by molar-refractivity contribution is 6.28. The van der Waals surface area contributed by atoms with Crippen LogP contribution in [0.25, 0.3) is 0 Å². The van der Waals surface area contributed by atoms with E-state index in [4.69, 9.17) is 18.0 Å². The SMILES string of the molecule is COC=C(C)C(O[SiH2]C)(O[SiH2]C)O[SiH2]C. The monoisotopic (exact) mass is 266 g/mol. The average molecular weight is 267 g/mol. The van der Waals surface area contributed by atoms with Gasteiger partial charge in [-0.15, -0.1) is 0 Å². The number of ether oxygens (including phenoxy) is 1. The summed E-state index contributed by atoms with van der Waals surface area (Å²) < 4.78 is 22.2. The average Bonchev–Trinajstić information content (AvgIpc) is 2.19. The van der Waals surface area contributed by atoms with E-state index in [1.807, 2.05) is 6.92 Å². The van der Waals surface area contributed by atoms with Crippen LogP contribution in [0.15, 0.2) is 11.8 Å². The molecule has 0 atom stereocenters. The Labute approximate surface area is 99.2 Å². The first-order valence-corrected chi connectivity index (χ1v) is 11.3. The van der Waals surface area contributed by atoms with Gasteiger partial charge in [0.15, 0.2) is 29.3 Å². The Morgan fingerprint density at radius 2 is 1.40 bits per heavy atom. The Bertz CT molecular complexity index is 181. The molecule has 0 amide bonds. The Morgan fingerprint density at radius 1 is 1.00 bits per heavy atom. The largest absolute Gasteiger partial charge is 0.504 e. The molecule has 0 rings (SSSR count). The predicted molar refractivity (Wildman–Crippen MR) is 70.0 cm³/mol. The summed E-state index contributed by atoms with van der Waals surface area (Å²) in [7, 11) is -0.162. The van der Waals surface area contributed by atoms with Crippen molar-refractivity contribution in [3.63, 3.8) is 0 Å². The van der Waals surface area contributed by atoms with E-state index in [2.05, 4.69) is 19.6 Å². The van der Waals surface area contributed by atoms with Crippen LogP contribution < -0.4 is 0 Å². The van der Waals surface area contributed by atoms with Crippen molar-refractivity contribution in [3.05, 3.63) is 11.8 Å². The first-order valence-electron chi connectivity index (χ1n) is 5.28. The van der Waals surface area contributed by atoms with E-state index in [0.717, 1.165) is 5.57 Å². The summed E-state index contributed by atoms with van der Waals surface area (Å²) in [4.78, 5) is 0. The zero-order valence-corrected chi connectivity index (χ0v) is 14.6. The van der Waals surface area contributed by atoms with Gasteiger partial charge in [0, 0.05) is 5.57 Å². The highest BCUT2D eigenvalue weighted by Crippen LogP contribution is 2.24. The quantitative estimate of drug-likeness (QED) is 0.341. The van der Waals surface area contributed by atoms with Crippen LogP contribution in [0.2, 0.25) is 19.6 Å². The van der Waals surface area contributed by atoms with Crippen LogP contribution in [0.3, 0.4) is 0 Å². The number of hydrogen-bond donors (Lipinski definition) is 0. The predicted octanol–water partition coefficient (Wildman–Crippen LogP) is -0.364. The molecule has 0 bridgehead atoms. The molecule has 4 nitrogen and oxygen atoms in total. The van der Waals surface area contributed by atoms with E-state index in [0.29, 0.717) is 0 Å². The molecule has 0 aliphatic carbocycles. The lowest BCUT2D eigenvalue weighted by molar-refractivity contribution is -0.225. The second kappa shape index (κ2) is 8.25. The summed E-state index contributed by atoms with van der Waals surface area (Å²) in [6.45, 7) is 8.11. The summed E-state index contributed by atoms with van der Waals surface area (Å²) in [5.74, 6) is -0.918. The minimum atomic E-state index is -0.918. The third-order valence-electron chi connectivity index (χ3n) is 1.78. The van der Waals surface area contributed by atoms with Crippen LogP contribution >= 0.6 is 0 Å². The van der Waals surface area contributed by atoms with E-state index in [1.54, 1.807) is 13.4 Å². The zero-order valence-electron chi connectivity index (χ0n) is 10.3. The Kier molecular flexibility index (Phi) is 8.29. The van der Waals surface area contributed by atoms with Crippen molar-refractivity contribution in [2.75, 3.05) is 7.11 Å². The van der Waals surface area contributed by atoms with Gasteiger partial charge in [-0.3, -0.25) is 0 Å². The number of methoxy groups -OCH3 is 1. The van der Waals surface area contributed by atoms with Gasteiger partial charge in [-0.05, 0) is 6.92 Å². The van der Waals surface area contributed by atoms with Crippen molar-refractivity contribution in [1.29, 1.82) is 0 Å². The molecule has 0 spiro atoms. The Hall–Kier alpha value is 0.0706. The molecular weight excluding hydrogens is 244 g/mol. The second-order valence-electron chi connectivity index (χ2n) is 2.89. The van der Waals surface area contributed by atoms with Crippen LogP contribution in [-0.4, -0.2) is 42.4 Å². The Balaban J connectivity index is 4.82. The van der Waals surface area contributed by atoms with Gasteiger partial charge < -0.3 is 18.0 Å². The summed E-state index contributed by atoms with van der Waals surface area (Å²) in [6.07, 6.45) is 1.64. The zero-order chi connectivity index (χ0) is 11.7.